The van der Waals surface area contributed by atoms with E-state index in [1.807, 2.05) is 0 Å². The number of rotatable bonds is 10. The number of carbonyl (C=O) groups excluding carboxylic acids is 1. The number of hydrogen-bond donors (Lipinski definition) is 2. The topological polar surface area (TPSA) is 72.0 Å². The number of nitrogens with zero attached hydrogens (tertiary/aromatic N) is 1. The fraction of sp³-hybridized carbons (Fsp3) is 0.471. The van der Waals surface area contributed by atoms with Crippen LogP contribution in [0.25, 0.3) is 0 Å². The van der Waals surface area contributed by atoms with Crippen LogP contribution in [0.2, 0.25) is 0 Å². The number of benzene rings is 1. The van der Waals surface area contributed by atoms with Crippen LogP contribution < -0.4 is 15.5 Å². The maximum atomic E-state index is 12.4. The lowest BCUT2D eigenvalue weighted by Gasteiger charge is -2.11. The number of nitrogens with one attached hydrogen (secondary N) is 2. The molecule has 0 aromatic heterocycles. The Labute approximate surface area is 156 Å². The molecule has 0 aliphatic rings. The predicted molar refractivity (Wildman–Crippen MR) is 99.5 cm³/mol. The molecule has 0 saturated heterocycles. The number of hydrogen-bond acceptors (Lipinski definition) is 5. The highest BCUT2D eigenvalue weighted by Gasteiger charge is 2.11. The predicted octanol–water partition coefficient (Wildman–Crippen LogP) is 3.21. The summed E-state index contributed by atoms with van der Waals surface area (Å²) < 4.78 is 33.9. The van der Waals surface area contributed by atoms with Crippen LogP contribution in [0.3, 0.4) is 0 Å². The van der Waals surface area contributed by atoms with E-state index in [9.17, 15) is 13.6 Å². The van der Waals surface area contributed by atoms with Gasteiger partial charge < -0.3 is 14.8 Å². The maximum absolute atomic E-state index is 12.4. The minimum atomic E-state index is -2.90. The lowest BCUT2D eigenvalue weighted by atomic mass is 10.1. The van der Waals surface area contributed by atoms with Crippen molar-refractivity contribution in [3.8, 4) is 5.75 Å². The van der Waals surface area contributed by atoms with Crippen molar-refractivity contribution in [2.45, 2.75) is 39.2 Å². The third-order valence-electron chi connectivity index (χ3n) is 3.39. The molecule has 144 valence electrons. The van der Waals surface area contributed by atoms with Crippen molar-refractivity contribution in [1.82, 2.24) is 10.7 Å². The monoisotopic (exact) mass is 387 g/mol. The van der Waals surface area contributed by atoms with E-state index in [1.54, 1.807) is 25.1 Å². The van der Waals surface area contributed by atoms with Crippen LogP contribution in [0.4, 0.5) is 8.78 Å². The number of alkyl halides is 2. The molecule has 1 rings (SSSR count). The third-order valence-corrected chi connectivity index (χ3v) is 3.62. The molecular formula is C17H23F2N3O3S. The normalized spacial score (nSPS) is 11.2. The summed E-state index contributed by atoms with van der Waals surface area (Å²) in [5, 5.41) is 7.40. The summed E-state index contributed by atoms with van der Waals surface area (Å²) in [6.45, 7) is -0.609. The molecular weight excluding hydrogens is 364 g/mol. The molecule has 0 fully saturated rings. The van der Waals surface area contributed by atoms with Gasteiger partial charge in [-0.3, -0.25) is 10.2 Å². The van der Waals surface area contributed by atoms with E-state index in [2.05, 4.69) is 25.3 Å². The van der Waals surface area contributed by atoms with Crippen LogP contribution in [-0.2, 0) is 9.53 Å². The smallest absolute Gasteiger partial charge is 0.387 e. The summed E-state index contributed by atoms with van der Waals surface area (Å²) in [7, 11) is 1.37. The minimum absolute atomic E-state index is 0.0510. The van der Waals surface area contributed by atoms with Gasteiger partial charge in [0.2, 0.25) is 0 Å². The maximum Gasteiger partial charge on any atom is 0.387 e. The molecule has 0 bridgehead atoms. The van der Waals surface area contributed by atoms with E-state index in [1.165, 1.54) is 13.2 Å². The molecule has 1 aromatic carbocycles. The lowest BCUT2D eigenvalue weighted by Crippen LogP contribution is -2.33. The number of para-hydroxylation sites is 1. The molecule has 0 radical (unpaired) electrons. The Balaban J connectivity index is 2.38. The number of methoxy groups -OCH3 is 1. The van der Waals surface area contributed by atoms with Crippen molar-refractivity contribution in [3.63, 3.8) is 0 Å². The Hall–Kier alpha value is -2.29. The van der Waals surface area contributed by atoms with E-state index in [0.29, 0.717) is 29.4 Å². The first-order valence-corrected chi connectivity index (χ1v) is 8.54. The molecule has 0 spiro atoms. The Morgan fingerprint density at radius 3 is 2.69 bits per heavy atom. The second kappa shape index (κ2) is 12.1. The molecule has 0 atom stereocenters. The average Bonchev–Trinajstić information content (AvgIpc) is 2.62. The van der Waals surface area contributed by atoms with Crippen LogP contribution in [0.15, 0.2) is 29.4 Å². The second-order valence-electron chi connectivity index (χ2n) is 5.33. The number of halogens is 2. The van der Waals surface area contributed by atoms with Crippen molar-refractivity contribution in [3.05, 3.63) is 29.8 Å². The Morgan fingerprint density at radius 1 is 1.27 bits per heavy atom. The van der Waals surface area contributed by atoms with Gasteiger partial charge in [0.05, 0.1) is 12.8 Å². The van der Waals surface area contributed by atoms with Crippen molar-refractivity contribution < 1.29 is 23.0 Å². The summed E-state index contributed by atoms with van der Waals surface area (Å²) in [5.74, 6) is -0.161. The van der Waals surface area contributed by atoms with Gasteiger partial charge in [0, 0.05) is 18.5 Å². The largest absolute Gasteiger partial charge is 0.469 e. The lowest BCUT2D eigenvalue weighted by molar-refractivity contribution is -0.140. The zero-order valence-electron chi connectivity index (χ0n) is 14.8. The van der Waals surface area contributed by atoms with Gasteiger partial charge in [-0.15, -0.1) is 0 Å². The fourth-order valence-corrected chi connectivity index (χ4v) is 2.22. The third kappa shape index (κ3) is 8.70. The second-order valence-corrected chi connectivity index (χ2v) is 5.73. The first-order chi connectivity index (χ1) is 12.4. The van der Waals surface area contributed by atoms with Gasteiger partial charge in [-0.25, -0.2) is 0 Å². The zero-order valence-corrected chi connectivity index (χ0v) is 15.6. The first kappa shape index (κ1) is 21.8. The van der Waals surface area contributed by atoms with Crippen LogP contribution >= 0.6 is 12.2 Å². The summed E-state index contributed by atoms with van der Waals surface area (Å²) in [5.41, 5.74) is 3.58. The van der Waals surface area contributed by atoms with E-state index in [-0.39, 0.29) is 11.7 Å². The molecule has 0 amide bonds. The van der Waals surface area contributed by atoms with Crippen LogP contribution in [0, 0.1) is 0 Å². The fourth-order valence-electron chi connectivity index (χ4n) is 2.07. The van der Waals surface area contributed by atoms with Crippen LogP contribution in [0.1, 0.15) is 38.2 Å². The summed E-state index contributed by atoms with van der Waals surface area (Å²) in [6.07, 6.45) is 2.87. The van der Waals surface area contributed by atoms with Gasteiger partial charge in [0.25, 0.3) is 0 Å². The van der Waals surface area contributed by atoms with E-state index < -0.39 is 6.61 Å². The van der Waals surface area contributed by atoms with Crippen molar-refractivity contribution >= 4 is 29.0 Å². The number of carbonyl (C=O) groups is 1. The van der Waals surface area contributed by atoms with Gasteiger partial charge in [-0.2, -0.15) is 13.9 Å². The highest BCUT2D eigenvalue weighted by molar-refractivity contribution is 7.80. The quantitative estimate of drug-likeness (QED) is 0.211. The van der Waals surface area contributed by atoms with Gasteiger partial charge >= 0.3 is 12.6 Å². The number of unbranched alkanes of at least 4 members (excludes halogenated alkanes) is 2. The Morgan fingerprint density at radius 2 is 2.00 bits per heavy atom. The average molecular weight is 387 g/mol. The molecule has 0 unspecified atom stereocenters. The van der Waals surface area contributed by atoms with Crippen molar-refractivity contribution in [2.24, 2.45) is 5.10 Å². The van der Waals surface area contributed by atoms with Crippen LogP contribution in [0.5, 0.6) is 5.75 Å². The highest BCUT2D eigenvalue weighted by Crippen LogP contribution is 2.20. The molecule has 26 heavy (non-hydrogen) atoms. The Kier molecular flexibility index (Phi) is 10.1. The van der Waals surface area contributed by atoms with Gasteiger partial charge in [-0.1, -0.05) is 18.6 Å². The first-order valence-electron chi connectivity index (χ1n) is 8.13. The molecule has 0 aliphatic heterocycles. The van der Waals surface area contributed by atoms with Gasteiger partial charge in [-0.05, 0) is 44.1 Å². The molecule has 1 aromatic rings. The van der Waals surface area contributed by atoms with E-state index >= 15 is 0 Å². The van der Waals surface area contributed by atoms with Crippen LogP contribution in [-0.4, -0.2) is 37.1 Å². The number of ether oxygens (including phenoxy) is 2. The molecule has 0 aliphatic carbocycles. The van der Waals surface area contributed by atoms with Crippen molar-refractivity contribution in [1.29, 1.82) is 0 Å². The summed E-state index contributed by atoms with van der Waals surface area (Å²) in [6, 6.07) is 6.40. The summed E-state index contributed by atoms with van der Waals surface area (Å²) >= 11 is 5.11. The molecule has 2 N–H and O–H groups in total. The number of hydrazone groups is 1. The SMILES string of the molecule is COC(=O)CCCCCNC(=S)N/N=C(/C)c1ccccc1OC(F)F. The van der Waals surface area contributed by atoms with E-state index in [4.69, 9.17) is 12.2 Å². The minimum Gasteiger partial charge on any atom is -0.469 e. The molecule has 0 saturated carbocycles. The highest BCUT2D eigenvalue weighted by atomic mass is 32.1. The molecule has 0 heterocycles. The Bertz CT molecular complexity index is 627. The number of thiocarbonyl (C=S) groups is 1. The van der Waals surface area contributed by atoms with E-state index in [0.717, 1.165) is 19.3 Å². The van der Waals surface area contributed by atoms with Gasteiger partial charge in [0.15, 0.2) is 5.11 Å². The van der Waals surface area contributed by atoms with Crippen molar-refractivity contribution in [2.75, 3.05) is 13.7 Å². The number of esters is 1. The van der Waals surface area contributed by atoms with Gasteiger partial charge in [0.1, 0.15) is 5.75 Å². The summed E-state index contributed by atoms with van der Waals surface area (Å²) in [4.78, 5) is 11.0. The standard InChI is InChI=1S/C17H23F2N3O3S/c1-12(13-8-5-6-9-14(13)25-16(18)19)21-22-17(26)20-11-7-3-4-10-15(23)24-2/h5-6,8-9,16H,3-4,7,10-11H2,1-2H3,(H2,20,22,26)/b21-12-. The zero-order chi connectivity index (χ0) is 19.4. The molecule has 9 heteroatoms. The molecule has 6 nitrogen and oxygen atoms in total.